The maximum absolute atomic E-state index is 13.5. The van der Waals surface area contributed by atoms with Crippen molar-refractivity contribution in [1.29, 1.82) is 0 Å². The largest absolute Gasteiger partial charge is 0.399 e. The first-order chi connectivity index (χ1) is 9.54. The van der Waals surface area contributed by atoms with E-state index in [1.165, 1.54) is 6.07 Å². The van der Waals surface area contributed by atoms with Gasteiger partial charge in [-0.1, -0.05) is 0 Å². The van der Waals surface area contributed by atoms with Gasteiger partial charge in [-0.3, -0.25) is 4.79 Å². The van der Waals surface area contributed by atoms with E-state index in [0.717, 1.165) is 11.8 Å². The van der Waals surface area contributed by atoms with Crippen LogP contribution in [0.3, 0.4) is 0 Å². The number of hydrogen-bond donors (Lipinski definition) is 2. The molecule has 3 rings (SSSR count). The van der Waals surface area contributed by atoms with Crippen molar-refractivity contribution in [3.05, 3.63) is 54.0 Å². The highest BCUT2D eigenvalue weighted by molar-refractivity contribution is 6.04. The number of fused-ring (bicyclic) bond motifs is 1. The van der Waals surface area contributed by atoms with Gasteiger partial charge in [0.05, 0.1) is 11.3 Å². The third kappa shape index (κ3) is 1.97. The summed E-state index contributed by atoms with van der Waals surface area (Å²) < 4.78 is 15.0. The van der Waals surface area contributed by atoms with E-state index in [9.17, 15) is 9.18 Å². The highest BCUT2D eigenvalue weighted by atomic mass is 19.1. The van der Waals surface area contributed by atoms with Gasteiger partial charge in [-0.2, -0.15) is 5.10 Å². The van der Waals surface area contributed by atoms with E-state index in [1.807, 2.05) is 0 Å². The number of nitrogen functional groups attached to an aromatic ring is 1. The molecule has 0 aliphatic rings. The van der Waals surface area contributed by atoms with Crippen LogP contribution in [0.2, 0.25) is 0 Å². The van der Waals surface area contributed by atoms with Crippen LogP contribution in [0.25, 0.3) is 16.6 Å². The second-order valence-electron chi connectivity index (χ2n) is 4.42. The Hall–Kier alpha value is -2.89. The Bertz CT molecular complexity index is 808. The number of anilines is 1. The SMILES string of the molecule is NC(=O)c1cc(F)cc2cn(-c3ccc(N)cc3)nc12. The summed E-state index contributed by atoms with van der Waals surface area (Å²) >= 11 is 0. The second kappa shape index (κ2) is 4.34. The monoisotopic (exact) mass is 270 g/mol. The molecule has 6 heteroatoms. The lowest BCUT2D eigenvalue weighted by Gasteiger charge is -2.00. The summed E-state index contributed by atoms with van der Waals surface area (Å²) in [7, 11) is 0. The molecule has 2 aromatic carbocycles. The second-order valence-corrected chi connectivity index (χ2v) is 4.42. The Morgan fingerprint density at radius 1 is 1.20 bits per heavy atom. The molecular formula is C14H11FN4O. The lowest BCUT2D eigenvalue weighted by molar-refractivity contribution is 0.100. The van der Waals surface area contributed by atoms with Crippen molar-refractivity contribution in [2.75, 3.05) is 5.73 Å². The van der Waals surface area contributed by atoms with Crippen LogP contribution in [0.5, 0.6) is 0 Å². The molecule has 1 aromatic heterocycles. The molecule has 0 aliphatic carbocycles. The summed E-state index contributed by atoms with van der Waals surface area (Å²) in [6.07, 6.45) is 1.64. The zero-order valence-corrected chi connectivity index (χ0v) is 10.4. The standard InChI is InChI=1S/C14H11FN4O/c15-9-5-8-7-19(11-3-1-10(16)2-4-11)18-13(8)12(6-9)14(17)20/h1-7H,16H2,(H2,17,20). The van der Waals surface area contributed by atoms with Gasteiger partial charge in [0.1, 0.15) is 11.3 Å². The maximum atomic E-state index is 13.5. The summed E-state index contributed by atoms with van der Waals surface area (Å²) in [6.45, 7) is 0. The molecule has 0 spiro atoms. The lowest BCUT2D eigenvalue weighted by atomic mass is 10.1. The Balaban J connectivity index is 2.22. The summed E-state index contributed by atoms with van der Waals surface area (Å²) in [5.74, 6) is -1.24. The number of carbonyl (C=O) groups is 1. The molecule has 100 valence electrons. The molecule has 20 heavy (non-hydrogen) atoms. The highest BCUT2D eigenvalue weighted by Gasteiger charge is 2.13. The van der Waals surface area contributed by atoms with Crippen LogP contribution in [0.1, 0.15) is 10.4 Å². The van der Waals surface area contributed by atoms with Gasteiger partial charge < -0.3 is 11.5 Å². The van der Waals surface area contributed by atoms with E-state index < -0.39 is 11.7 Å². The van der Waals surface area contributed by atoms with E-state index in [1.54, 1.807) is 35.1 Å². The summed E-state index contributed by atoms with van der Waals surface area (Å²) in [4.78, 5) is 11.3. The Labute approximate surface area is 113 Å². The zero-order chi connectivity index (χ0) is 14.3. The van der Waals surface area contributed by atoms with Crippen LogP contribution in [-0.2, 0) is 0 Å². The predicted molar refractivity (Wildman–Crippen MR) is 74.0 cm³/mol. The fourth-order valence-corrected chi connectivity index (χ4v) is 2.05. The molecule has 0 saturated heterocycles. The van der Waals surface area contributed by atoms with Crippen molar-refractivity contribution in [1.82, 2.24) is 9.78 Å². The third-order valence-electron chi connectivity index (χ3n) is 3.00. The first-order valence-electron chi connectivity index (χ1n) is 5.89. The molecular weight excluding hydrogens is 259 g/mol. The van der Waals surface area contributed by atoms with Gasteiger partial charge in [0.2, 0.25) is 0 Å². The third-order valence-corrected chi connectivity index (χ3v) is 3.00. The van der Waals surface area contributed by atoms with Crippen LogP contribution in [-0.4, -0.2) is 15.7 Å². The quantitative estimate of drug-likeness (QED) is 0.696. The van der Waals surface area contributed by atoms with Crippen molar-refractivity contribution in [2.45, 2.75) is 0 Å². The van der Waals surface area contributed by atoms with Gasteiger partial charge in [0.15, 0.2) is 0 Å². The molecule has 3 aromatic rings. The molecule has 0 saturated carbocycles. The van der Waals surface area contributed by atoms with Crippen LogP contribution >= 0.6 is 0 Å². The van der Waals surface area contributed by atoms with Crippen LogP contribution in [0.15, 0.2) is 42.6 Å². The number of halogens is 1. The first-order valence-corrected chi connectivity index (χ1v) is 5.89. The van der Waals surface area contributed by atoms with Gasteiger partial charge >= 0.3 is 0 Å². The maximum Gasteiger partial charge on any atom is 0.251 e. The number of primary amides is 1. The number of nitrogens with two attached hydrogens (primary N) is 2. The van der Waals surface area contributed by atoms with Gasteiger partial charge in [-0.25, -0.2) is 9.07 Å². The van der Waals surface area contributed by atoms with E-state index in [-0.39, 0.29) is 5.56 Å². The number of aromatic nitrogens is 2. The van der Waals surface area contributed by atoms with Crippen molar-refractivity contribution in [3.8, 4) is 5.69 Å². The first kappa shape index (κ1) is 12.2. The minimum atomic E-state index is -0.711. The normalized spacial score (nSPS) is 10.8. The topological polar surface area (TPSA) is 86.9 Å². The van der Waals surface area contributed by atoms with Crippen molar-refractivity contribution >= 4 is 22.5 Å². The molecule has 4 N–H and O–H groups in total. The molecule has 0 aliphatic heterocycles. The fourth-order valence-electron chi connectivity index (χ4n) is 2.05. The molecule has 0 fully saturated rings. The van der Waals surface area contributed by atoms with E-state index in [4.69, 9.17) is 11.5 Å². The molecule has 0 radical (unpaired) electrons. The number of amides is 1. The number of hydrogen-bond acceptors (Lipinski definition) is 3. The average molecular weight is 270 g/mol. The van der Waals surface area contributed by atoms with Gasteiger partial charge in [-0.15, -0.1) is 0 Å². The summed E-state index contributed by atoms with van der Waals surface area (Å²) in [5.41, 5.74) is 12.7. The smallest absolute Gasteiger partial charge is 0.251 e. The molecule has 0 bridgehead atoms. The number of nitrogens with zero attached hydrogens (tertiary/aromatic N) is 2. The zero-order valence-electron chi connectivity index (χ0n) is 10.4. The van der Waals surface area contributed by atoms with Crippen molar-refractivity contribution < 1.29 is 9.18 Å². The molecule has 1 heterocycles. The molecule has 0 unspecified atom stereocenters. The number of carbonyl (C=O) groups excluding carboxylic acids is 1. The average Bonchev–Trinajstić information content (AvgIpc) is 2.81. The van der Waals surface area contributed by atoms with Gasteiger partial charge in [0.25, 0.3) is 5.91 Å². The van der Waals surface area contributed by atoms with Crippen molar-refractivity contribution in [3.63, 3.8) is 0 Å². The van der Waals surface area contributed by atoms with E-state index in [2.05, 4.69) is 5.10 Å². The Kier molecular flexibility index (Phi) is 2.64. The van der Waals surface area contributed by atoms with Crippen molar-refractivity contribution in [2.24, 2.45) is 5.73 Å². The molecule has 1 amide bonds. The minimum Gasteiger partial charge on any atom is -0.399 e. The van der Waals surface area contributed by atoms with Gasteiger partial charge in [-0.05, 0) is 36.4 Å². The molecule has 0 atom stereocenters. The lowest BCUT2D eigenvalue weighted by Crippen LogP contribution is -2.12. The highest BCUT2D eigenvalue weighted by Crippen LogP contribution is 2.21. The van der Waals surface area contributed by atoms with E-state index in [0.29, 0.717) is 16.6 Å². The number of rotatable bonds is 2. The van der Waals surface area contributed by atoms with Crippen LogP contribution < -0.4 is 11.5 Å². The minimum absolute atomic E-state index is 0.0641. The summed E-state index contributed by atoms with van der Waals surface area (Å²) in [5, 5.41) is 4.79. The van der Waals surface area contributed by atoms with Crippen LogP contribution in [0, 0.1) is 5.82 Å². The molecule has 5 nitrogen and oxygen atoms in total. The predicted octanol–water partition coefficient (Wildman–Crippen LogP) is 1.85. The Morgan fingerprint density at radius 2 is 1.90 bits per heavy atom. The Morgan fingerprint density at radius 3 is 2.55 bits per heavy atom. The van der Waals surface area contributed by atoms with Gasteiger partial charge in [0, 0.05) is 17.3 Å². The summed E-state index contributed by atoms with van der Waals surface area (Å²) in [6, 6.07) is 9.42. The van der Waals surface area contributed by atoms with E-state index >= 15 is 0 Å². The fraction of sp³-hybridized carbons (Fsp3) is 0. The number of benzene rings is 2. The van der Waals surface area contributed by atoms with Crippen LogP contribution in [0.4, 0.5) is 10.1 Å².